The minimum Gasteiger partial charge on any atom is -0.444 e. The topological polar surface area (TPSA) is 172 Å². The van der Waals surface area contributed by atoms with E-state index in [0.29, 0.717) is 0 Å². The maximum absolute atomic E-state index is 12.4. The van der Waals surface area contributed by atoms with E-state index >= 15 is 0 Å². The third-order valence-corrected chi connectivity index (χ3v) is 3.33. The van der Waals surface area contributed by atoms with Crippen molar-refractivity contribution in [3.63, 3.8) is 0 Å². The molecule has 0 radical (unpaired) electrons. The van der Waals surface area contributed by atoms with Crippen molar-refractivity contribution in [3.8, 4) is 0 Å². The van der Waals surface area contributed by atoms with Crippen LogP contribution in [0.5, 0.6) is 0 Å². The molecule has 11 heteroatoms. The molecular formula is C16H31N5O6. The number of aliphatic hydroxyl groups excluding tert-OH is 1. The third kappa shape index (κ3) is 9.20. The molecule has 3 atom stereocenters. The van der Waals surface area contributed by atoms with Gasteiger partial charge >= 0.3 is 6.09 Å². The molecule has 0 heterocycles. The van der Waals surface area contributed by atoms with Crippen molar-refractivity contribution in [1.82, 2.24) is 21.4 Å². The Bertz CT molecular complexity index is 546. The number of alkyl carbamates (subject to hydrolysis) is 1. The van der Waals surface area contributed by atoms with Gasteiger partial charge in [0.2, 0.25) is 11.8 Å². The van der Waals surface area contributed by atoms with Crippen LogP contribution in [0.25, 0.3) is 0 Å². The summed E-state index contributed by atoms with van der Waals surface area (Å²) < 4.78 is 5.07. The summed E-state index contributed by atoms with van der Waals surface area (Å²) in [6.07, 6.45) is -0.768. The first-order valence-corrected chi connectivity index (χ1v) is 8.54. The van der Waals surface area contributed by atoms with Gasteiger partial charge in [0.25, 0.3) is 5.91 Å². The molecule has 0 saturated heterocycles. The Morgan fingerprint density at radius 2 is 1.52 bits per heavy atom. The lowest BCUT2D eigenvalue weighted by atomic mass is 10.0. The van der Waals surface area contributed by atoms with Gasteiger partial charge in [0.05, 0.1) is 6.61 Å². The molecule has 0 aromatic heterocycles. The summed E-state index contributed by atoms with van der Waals surface area (Å²) in [5, 5.41) is 16.4. The molecule has 0 saturated carbocycles. The maximum Gasteiger partial charge on any atom is 0.408 e. The molecule has 0 spiro atoms. The number of hydrazine groups is 1. The second-order valence-electron chi connectivity index (χ2n) is 7.35. The van der Waals surface area contributed by atoms with Crippen LogP contribution in [-0.2, 0) is 19.1 Å². The van der Waals surface area contributed by atoms with Gasteiger partial charge in [-0.05, 0) is 33.6 Å². The molecule has 0 aromatic rings. The van der Waals surface area contributed by atoms with Gasteiger partial charge in [-0.2, -0.15) is 0 Å². The Labute approximate surface area is 158 Å². The first-order valence-electron chi connectivity index (χ1n) is 8.54. The summed E-state index contributed by atoms with van der Waals surface area (Å²) >= 11 is 0. The lowest BCUT2D eigenvalue weighted by molar-refractivity contribution is -0.134. The lowest BCUT2D eigenvalue weighted by Gasteiger charge is -2.26. The fraction of sp³-hybridized carbons (Fsp3) is 0.750. The zero-order chi connectivity index (χ0) is 21.4. The molecule has 0 fully saturated rings. The lowest BCUT2D eigenvalue weighted by Crippen LogP contribution is -2.59. The molecule has 4 amide bonds. The number of rotatable bonds is 8. The number of carbonyl (C=O) groups is 4. The molecule has 7 N–H and O–H groups in total. The largest absolute Gasteiger partial charge is 0.444 e. The number of nitrogens with one attached hydrogen (secondary N) is 4. The number of carbonyl (C=O) groups excluding carboxylic acids is 4. The highest BCUT2D eigenvalue weighted by Crippen LogP contribution is 2.07. The van der Waals surface area contributed by atoms with Gasteiger partial charge in [0.15, 0.2) is 0 Å². The van der Waals surface area contributed by atoms with Crippen molar-refractivity contribution in [2.75, 3.05) is 6.61 Å². The van der Waals surface area contributed by atoms with Gasteiger partial charge in [0, 0.05) is 0 Å². The average molecular weight is 389 g/mol. The number of hydrogen-bond donors (Lipinski definition) is 6. The van der Waals surface area contributed by atoms with E-state index in [0.717, 1.165) is 0 Å². The standard InChI is InChI=1S/C16H31N5O6/c1-8(2)11(14(25)19-10(7-22)13(24)21-17)20-12(23)9(3)18-15(26)27-16(4,5)6/h8-11,22H,7,17H2,1-6H3,(H,18,26)(H,19,25)(H,20,23)(H,21,24)/t9-,10-,11-/m0/s1. The summed E-state index contributed by atoms with van der Waals surface area (Å²) in [4.78, 5) is 47.9. The summed E-state index contributed by atoms with van der Waals surface area (Å²) in [5.74, 6) is 2.59. The minimum atomic E-state index is -1.25. The molecule has 156 valence electrons. The zero-order valence-corrected chi connectivity index (χ0v) is 16.6. The number of ether oxygens (including phenoxy) is 1. The van der Waals surface area contributed by atoms with Gasteiger partial charge in [-0.3, -0.25) is 19.8 Å². The van der Waals surface area contributed by atoms with Gasteiger partial charge in [0.1, 0.15) is 23.7 Å². The molecule has 0 aliphatic rings. The molecule has 0 unspecified atom stereocenters. The van der Waals surface area contributed by atoms with Crippen molar-refractivity contribution < 1.29 is 29.0 Å². The van der Waals surface area contributed by atoms with Crippen LogP contribution in [0, 0.1) is 5.92 Å². The normalized spacial score (nSPS) is 14.6. The highest BCUT2D eigenvalue weighted by Gasteiger charge is 2.30. The van der Waals surface area contributed by atoms with E-state index in [4.69, 9.17) is 10.6 Å². The van der Waals surface area contributed by atoms with Crippen molar-refractivity contribution in [3.05, 3.63) is 0 Å². The monoisotopic (exact) mass is 389 g/mol. The SMILES string of the molecule is CC(C)[C@H](NC(=O)[C@H](C)NC(=O)OC(C)(C)C)C(=O)N[C@@H](CO)C(=O)NN. The van der Waals surface area contributed by atoms with Crippen LogP contribution in [0.2, 0.25) is 0 Å². The fourth-order valence-electron chi connectivity index (χ4n) is 1.92. The highest BCUT2D eigenvalue weighted by molar-refractivity contribution is 5.93. The molecule has 11 nitrogen and oxygen atoms in total. The van der Waals surface area contributed by atoms with Gasteiger partial charge < -0.3 is 25.8 Å². The molecule has 27 heavy (non-hydrogen) atoms. The minimum absolute atomic E-state index is 0.331. The predicted molar refractivity (Wildman–Crippen MR) is 96.9 cm³/mol. The van der Waals surface area contributed by atoms with Gasteiger partial charge in [-0.25, -0.2) is 10.6 Å². The van der Waals surface area contributed by atoms with E-state index in [-0.39, 0.29) is 5.92 Å². The van der Waals surface area contributed by atoms with Crippen LogP contribution in [0.3, 0.4) is 0 Å². The molecule has 0 aliphatic carbocycles. The predicted octanol–water partition coefficient (Wildman–Crippen LogP) is -1.49. The molecule has 0 bridgehead atoms. The van der Waals surface area contributed by atoms with Crippen molar-refractivity contribution in [2.45, 2.75) is 65.3 Å². The van der Waals surface area contributed by atoms with Crippen molar-refractivity contribution in [2.24, 2.45) is 11.8 Å². The quantitative estimate of drug-likeness (QED) is 0.167. The average Bonchev–Trinajstić information content (AvgIpc) is 2.53. The highest BCUT2D eigenvalue weighted by atomic mass is 16.6. The smallest absolute Gasteiger partial charge is 0.408 e. The Morgan fingerprint density at radius 1 is 0.963 bits per heavy atom. The maximum atomic E-state index is 12.4. The number of hydrogen-bond acceptors (Lipinski definition) is 7. The molecular weight excluding hydrogens is 358 g/mol. The van der Waals surface area contributed by atoms with E-state index < -0.39 is 54.1 Å². The first kappa shape index (κ1) is 24.6. The third-order valence-electron chi connectivity index (χ3n) is 3.33. The van der Waals surface area contributed by atoms with E-state index in [1.165, 1.54) is 6.92 Å². The zero-order valence-electron chi connectivity index (χ0n) is 16.6. The Morgan fingerprint density at radius 3 is 1.93 bits per heavy atom. The summed E-state index contributed by atoms with van der Waals surface area (Å²) in [6.45, 7) is 9.21. The first-order chi connectivity index (χ1) is 12.3. The van der Waals surface area contributed by atoms with E-state index in [1.807, 2.05) is 5.43 Å². The van der Waals surface area contributed by atoms with Crippen LogP contribution in [0.15, 0.2) is 0 Å². The number of aliphatic hydroxyl groups is 1. The van der Waals surface area contributed by atoms with E-state index in [9.17, 15) is 24.3 Å². The van der Waals surface area contributed by atoms with E-state index in [2.05, 4.69) is 16.0 Å². The Balaban J connectivity index is 4.93. The molecule has 0 aliphatic heterocycles. The van der Waals surface area contributed by atoms with Gasteiger partial charge in [-0.1, -0.05) is 13.8 Å². The molecule has 0 rings (SSSR count). The summed E-state index contributed by atoms with van der Waals surface area (Å²) in [7, 11) is 0. The fourth-order valence-corrected chi connectivity index (χ4v) is 1.92. The van der Waals surface area contributed by atoms with Crippen LogP contribution < -0.4 is 27.2 Å². The van der Waals surface area contributed by atoms with Crippen molar-refractivity contribution >= 4 is 23.8 Å². The molecule has 0 aromatic carbocycles. The van der Waals surface area contributed by atoms with Crippen LogP contribution in [0.4, 0.5) is 4.79 Å². The second-order valence-corrected chi connectivity index (χ2v) is 7.35. The van der Waals surface area contributed by atoms with Gasteiger partial charge in [-0.15, -0.1) is 0 Å². The summed E-state index contributed by atoms with van der Waals surface area (Å²) in [6, 6.07) is -3.21. The second kappa shape index (κ2) is 10.7. The van der Waals surface area contributed by atoms with Crippen molar-refractivity contribution in [1.29, 1.82) is 0 Å². The van der Waals surface area contributed by atoms with Crippen LogP contribution >= 0.6 is 0 Å². The van der Waals surface area contributed by atoms with Crippen LogP contribution in [-0.4, -0.2) is 59.3 Å². The Hall–Kier alpha value is -2.40. The summed E-state index contributed by atoms with van der Waals surface area (Å²) in [5.41, 5.74) is 1.11. The number of nitrogens with two attached hydrogens (primary N) is 1. The Kier molecular flexibility index (Phi) is 9.73. The van der Waals surface area contributed by atoms with E-state index in [1.54, 1.807) is 34.6 Å². The van der Waals surface area contributed by atoms with Crippen LogP contribution in [0.1, 0.15) is 41.5 Å². The number of amides is 4.